The van der Waals surface area contributed by atoms with E-state index in [1.54, 1.807) is 0 Å². The lowest BCUT2D eigenvalue weighted by Crippen LogP contribution is -1.98. The quantitative estimate of drug-likeness (QED) is 0.158. The van der Waals surface area contributed by atoms with Crippen molar-refractivity contribution in [2.45, 2.75) is 55.4 Å². The van der Waals surface area contributed by atoms with Crippen LogP contribution >= 0.6 is 0 Å². The lowest BCUT2D eigenvalue weighted by Gasteiger charge is -2.22. The van der Waals surface area contributed by atoms with Gasteiger partial charge in [-0.1, -0.05) is 95.1 Å². The highest BCUT2D eigenvalue weighted by atomic mass is 14.7. The monoisotopic (exact) mass is 774 g/mol. The second-order valence-corrected chi connectivity index (χ2v) is 16.9. The molecule has 0 amide bonds. The van der Waals surface area contributed by atoms with Crippen LogP contribution < -0.4 is 0 Å². The van der Waals surface area contributed by atoms with Crippen LogP contribution in [0, 0.1) is 55.4 Å². The number of rotatable bonds is 6. The van der Waals surface area contributed by atoms with E-state index in [0.717, 1.165) is 67.8 Å². The predicted molar refractivity (Wildman–Crippen MR) is 252 cm³/mol. The minimum atomic E-state index is 0.933. The highest BCUT2D eigenvalue weighted by Gasteiger charge is 2.23. The standard InChI is InChI=1S/C56H46N4/c1-31-19-32(2)22-39(21-31)47-29-49(53-27-41(25-37(7)59-53)51-13-9-11-35(5)57-51)45-17-18-46-50(54-28-42(26-38(8)60-54)52-14-10-12-36(6)58-52)30-48(40-23-33(3)20-34(4)24-40)44-16-15-43(47)55(45)56(44)46/h9-30H,1-8H3. The van der Waals surface area contributed by atoms with Gasteiger partial charge in [0.1, 0.15) is 0 Å². The summed E-state index contributed by atoms with van der Waals surface area (Å²) in [6.45, 7) is 17.0. The summed E-state index contributed by atoms with van der Waals surface area (Å²) in [5.41, 5.74) is 21.7. The summed E-state index contributed by atoms with van der Waals surface area (Å²) in [6, 6.07) is 49.0. The van der Waals surface area contributed by atoms with Crippen LogP contribution in [0.3, 0.4) is 0 Å². The van der Waals surface area contributed by atoms with Crippen molar-refractivity contribution in [1.29, 1.82) is 0 Å². The van der Waals surface area contributed by atoms with Crippen LogP contribution in [0.2, 0.25) is 0 Å². The SMILES string of the molecule is Cc1cc(C)cc(-c2cc(-c3cc(-c4cccc(C)n4)cc(C)n3)c3ccc4c(-c5cc(-c6cccc(C)n6)cc(C)n5)cc(-c5cc(C)cc(C)c5)c5ccc2c3c54)c1. The van der Waals surface area contributed by atoms with E-state index in [9.17, 15) is 0 Å². The summed E-state index contributed by atoms with van der Waals surface area (Å²) in [4.78, 5) is 20.4. The Kier molecular flexibility index (Phi) is 8.91. The smallest absolute Gasteiger partial charge is 0.0718 e. The average Bonchev–Trinajstić information content (AvgIpc) is 3.21. The van der Waals surface area contributed by atoms with Gasteiger partial charge < -0.3 is 0 Å². The van der Waals surface area contributed by atoms with Gasteiger partial charge in [0.05, 0.1) is 22.8 Å². The number of hydrogen-bond donors (Lipinski definition) is 0. The zero-order valence-corrected chi connectivity index (χ0v) is 35.5. The van der Waals surface area contributed by atoms with E-state index in [1.807, 2.05) is 26.0 Å². The number of nitrogens with zero attached hydrogens (tertiary/aromatic N) is 4. The van der Waals surface area contributed by atoms with Gasteiger partial charge in [0.15, 0.2) is 0 Å². The molecular formula is C56H46N4. The lowest BCUT2D eigenvalue weighted by molar-refractivity contribution is 1.18. The fourth-order valence-electron chi connectivity index (χ4n) is 9.47. The van der Waals surface area contributed by atoms with Gasteiger partial charge >= 0.3 is 0 Å². The van der Waals surface area contributed by atoms with Gasteiger partial charge in [-0.2, -0.15) is 0 Å². The van der Waals surface area contributed by atoms with Crippen LogP contribution in [0.25, 0.3) is 99.6 Å². The number of aromatic nitrogens is 4. The molecule has 0 N–H and O–H groups in total. The van der Waals surface area contributed by atoms with Crippen LogP contribution in [0.1, 0.15) is 45.0 Å². The number of aryl methyl sites for hydroxylation is 8. The molecule has 0 aliphatic rings. The third kappa shape index (κ3) is 6.59. The van der Waals surface area contributed by atoms with Gasteiger partial charge in [-0.15, -0.1) is 0 Å². The first-order chi connectivity index (χ1) is 28.9. The first-order valence-electron chi connectivity index (χ1n) is 20.8. The molecule has 0 unspecified atom stereocenters. The average molecular weight is 775 g/mol. The Bertz CT molecular complexity index is 3090. The molecule has 4 heterocycles. The molecule has 0 radical (unpaired) electrons. The Morgan fingerprint density at radius 1 is 0.267 bits per heavy atom. The Balaban J connectivity index is 1.35. The van der Waals surface area contributed by atoms with Crippen molar-refractivity contribution in [1.82, 2.24) is 19.9 Å². The van der Waals surface area contributed by atoms with Crippen molar-refractivity contribution in [3.05, 3.63) is 178 Å². The largest absolute Gasteiger partial charge is 0.253 e. The summed E-state index contributed by atoms with van der Waals surface area (Å²) in [7, 11) is 0. The van der Waals surface area contributed by atoms with E-state index in [-0.39, 0.29) is 0 Å². The fraction of sp³-hybridized carbons (Fsp3) is 0.143. The van der Waals surface area contributed by atoms with Gasteiger partial charge in [-0.05, 0) is 171 Å². The molecule has 60 heavy (non-hydrogen) atoms. The topological polar surface area (TPSA) is 51.6 Å². The molecule has 0 atom stereocenters. The highest BCUT2D eigenvalue weighted by molar-refractivity contribution is 6.31. The minimum Gasteiger partial charge on any atom is -0.253 e. The van der Waals surface area contributed by atoms with Crippen LogP contribution in [0.4, 0.5) is 0 Å². The second-order valence-electron chi connectivity index (χ2n) is 16.9. The van der Waals surface area contributed by atoms with Crippen molar-refractivity contribution < 1.29 is 0 Å². The van der Waals surface area contributed by atoms with E-state index in [1.165, 1.54) is 76.8 Å². The Hall–Kier alpha value is -7.04. The van der Waals surface area contributed by atoms with Crippen molar-refractivity contribution in [3.63, 3.8) is 0 Å². The highest BCUT2D eigenvalue weighted by Crippen LogP contribution is 2.49. The minimum absolute atomic E-state index is 0.933. The van der Waals surface area contributed by atoms with Gasteiger partial charge in [0.25, 0.3) is 0 Å². The molecule has 4 aromatic heterocycles. The van der Waals surface area contributed by atoms with E-state index in [4.69, 9.17) is 19.9 Å². The summed E-state index contributed by atoms with van der Waals surface area (Å²) < 4.78 is 0. The van der Waals surface area contributed by atoms with Gasteiger partial charge in [-0.25, -0.2) is 0 Å². The molecule has 290 valence electrons. The molecule has 0 bridgehead atoms. The first-order valence-corrected chi connectivity index (χ1v) is 20.8. The van der Waals surface area contributed by atoms with Crippen LogP contribution in [0.15, 0.2) is 133 Å². The molecule has 4 nitrogen and oxygen atoms in total. The van der Waals surface area contributed by atoms with E-state index in [2.05, 4.69) is 163 Å². The van der Waals surface area contributed by atoms with E-state index < -0.39 is 0 Å². The molecule has 0 aliphatic carbocycles. The number of benzene rings is 6. The van der Waals surface area contributed by atoms with Crippen molar-refractivity contribution >= 4 is 32.3 Å². The summed E-state index contributed by atoms with van der Waals surface area (Å²) in [5, 5.41) is 7.24. The fourth-order valence-corrected chi connectivity index (χ4v) is 9.47. The Morgan fingerprint density at radius 3 is 0.983 bits per heavy atom. The second kappa shape index (κ2) is 14.4. The van der Waals surface area contributed by atoms with Crippen molar-refractivity contribution in [3.8, 4) is 67.3 Å². The molecule has 0 spiro atoms. The summed E-state index contributed by atoms with van der Waals surface area (Å²) in [6.07, 6.45) is 0. The number of pyridine rings is 4. The van der Waals surface area contributed by atoms with Gasteiger partial charge in [0, 0.05) is 45.0 Å². The maximum Gasteiger partial charge on any atom is 0.0718 e. The molecule has 6 aromatic carbocycles. The third-order valence-corrected chi connectivity index (χ3v) is 11.8. The normalized spacial score (nSPS) is 11.7. The van der Waals surface area contributed by atoms with E-state index in [0.29, 0.717) is 0 Å². The van der Waals surface area contributed by atoms with Gasteiger partial charge in [-0.3, -0.25) is 19.9 Å². The Labute approximate surface area is 352 Å². The zero-order chi connectivity index (χ0) is 41.4. The van der Waals surface area contributed by atoms with Crippen molar-refractivity contribution in [2.75, 3.05) is 0 Å². The van der Waals surface area contributed by atoms with E-state index >= 15 is 0 Å². The number of hydrogen-bond acceptors (Lipinski definition) is 4. The zero-order valence-electron chi connectivity index (χ0n) is 35.5. The molecule has 0 saturated carbocycles. The van der Waals surface area contributed by atoms with Crippen LogP contribution in [0.5, 0.6) is 0 Å². The van der Waals surface area contributed by atoms with Crippen LogP contribution in [-0.4, -0.2) is 19.9 Å². The lowest BCUT2D eigenvalue weighted by atomic mass is 9.82. The van der Waals surface area contributed by atoms with Crippen molar-refractivity contribution in [2.24, 2.45) is 0 Å². The third-order valence-electron chi connectivity index (χ3n) is 11.8. The Morgan fingerprint density at radius 2 is 0.617 bits per heavy atom. The maximum absolute atomic E-state index is 5.26. The van der Waals surface area contributed by atoms with Gasteiger partial charge in [0.2, 0.25) is 0 Å². The first kappa shape index (κ1) is 37.2. The van der Waals surface area contributed by atoms with Crippen LogP contribution in [-0.2, 0) is 0 Å². The molecule has 0 aliphatic heterocycles. The molecule has 10 aromatic rings. The molecule has 10 rings (SSSR count). The maximum atomic E-state index is 5.26. The predicted octanol–water partition coefficient (Wildman–Crippen LogP) is 14.6. The molecule has 0 fully saturated rings. The summed E-state index contributed by atoms with van der Waals surface area (Å²) in [5.74, 6) is 0. The molecule has 0 saturated heterocycles. The molecular weight excluding hydrogens is 729 g/mol. The summed E-state index contributed by atoms with van der Waals surface area (Å²) >= 11 is 0. The molecule has 4 heteroatoms.